The summed E-state index contributed by atoms with van der Waals surface area (Å²) in [5.41, 5.74) is 7.17. The van der Waals surface area contributed by atoms with Crippen molar-refractivity contribution < 1.29 is 10.0 Å². The molecule has 0 atom stereocenters. The van der Waals surface area contributed by atoms with Gasteiger partial charge in [-0.05, 0) is 30.4 Å². The van der Waals surface area contributed by atoms with Crippen LogP contribution in [0.25, 0.3) is 0 Å². The molecule has 0 radical (unpaired) electrons. The van der Waals surface area contributed by atoms with Gasteiger partial charge < -0.3 is 15.8 Å². The third kappa shape index (κ3) is 3.71. The second kappa shape index (κ2) is 5.73. The summed E-state index contributed by atoms with van der Waals surface area (Å²) in [6.07, 6.45) is 3.01. The molecule has 19 heavy (non-hydrogen) atoms. The van der Waals surface area contributed by atoms with E-state index in [0.29, 0.717) is 24.4 Å². The minimum atomic E-state index is 0.0776. The van der Waals surface area contributed by atoms with Crippen LogP contribution in [0.15, 0.2) is 29.4 Å². The van der Waals surface area contributed by atoms with Gasteiger partial charge in [0.25, 0.3) is 0 Å². The predicted molar refractivity (Wildman–Crippen MR) is 72.8 cm³/mol. The summed E-state index contributed by atoms with van der Waals surface area (Å²) in [5.74, 6) is 0.851. The van der Waals surface area contributed by atoms with E-state index in [1.165, 1.54) is 12.8 Å². The molecule has 1 aliphatic carbocycles. The van der Waals surface area contributed by atoms with Gasteiger partial charge in [0.15, 0.2) is 5.84 Å². The van der Waals surface area contributed by atoms with E-state index in [0.717, 1.165) is 5.56 Å². The summed E-state index contributed by atoms with van der Waals surface area (Å²) in [6, 6.07) is 7.36. The molecule has 1 amide bonds. The van der Waals surface area contributed by atoms with Gasteiger partial charge in [-0.1, -0.05) is 23.4 Å². The number of nitrogens with two attached hydrogens (primary N) is 1. The summed E-state index contributed by atoms with van der Waals surface area (Å²) in [6.45, 7) is 0.540. The van der Waals surface area contributed by atoms with E-state index in [1.807, 2.05) is 18.2 Å². The van der Waals surface area contributed by atoms with Crippen LogP contribution < -0.4 is 5.73 Å². The number of amidine groups is 1. The number of carbonyl (C=O) groups excluding carboxylic acids is 1. The van der Waals surface area contributed by atoms with Crippen LogP contribution in [0.5, 0.6) is 0 Å². The summed E-state index contributed by atoms with van der Waals surface area (Å²) < 4.78 is 0. The largest absolute Gasteiger partial charge is 0.409 e. The first-order valence-electron chi connectivity index (χ1n) is 6.41. The first-order chi connectivity index (χ1) is 9.10. The summed E-state index contributed by atoms with van der Waals surface area (Å²) >= 11 is 0. The Morgan fingerprint density at radius 3 is 2.89 bits per heavy atom. The van der Waals surface area contributed by atoms with Crippen molar-refractivity contribution in [3.05, 3.63) is 35.4 Å². The Morgan fingerprint density at radius 1 is 1.53 bits per heavy atom. The third-order valence-corrected chi connectivity index (χ3v) is 3.34. The highest BCUT2D eigenvalue weighted by molar-refractivity contribution is 5.97. The molecule has 5 heteroatoms. The minimum absolute atomic E-state index is 0.0776. The second-order valence-electron chi connectivity index (χ2n) is 5.08. The van der Waals surface area contributed by atoms with Crippen molar-refractivity contribution in [2.75, 3.05) is 7.05 Å². The molecule has 0 spiro atoms. The van der Waals surface area contributed by atoms with Crippen LogP contribution in [-0.2, 0) is 11.3 Å². The van der Waals surface area contributed by atoms with Gasteiger partial charge in [-0.3, -0.25) is 4.79 Å². The first kappa shape index (κ1) is 13.4. The van der Waals surface area contributed by atoms with Gasteiger partial charge in [0, 0.05) is 25.6 Å². The molecule has 0 heterocycles. The Morgan fingerprint density at radius 2 is 2.26 bits per heavy atom. The highest BCUT2D eigenvalue weighted by Crippen LogP contribution is 2.32. The fourth-order valence-corrected chi connectivity index (χ4v) is 1.97. The average Bonchev–Trinajstić information content (AvgIpc) is 3.22. The maximum Gasteiger partial charge on any atom is 0.222 e. The molecule has 1 saturated carbocycles. The molecule has 0 bridgehead atoms. The van der Waals surface area contributed by atoms with E-state index in [2.05, 4.69) is 5.16 Å². The zero-order chi connectivity index (χ0) is 13.8. The lowest BCUT2D eigenvalue weighted by atomic mass is 10.1. The molecule has 2 rings (SSSR count). The molecule has 1 aliphatic rings. The molecule has 0 saturated heterocycles. The van der Waals surface area contributed by atoms with Crippen LogP contribution in [0.3, 0.4) is 0 Å². The van der Waals surface area contributed by atoms with Gasteiger partial charge in [0.2, 0.25) is 5.91 Å². The highest BCUT2D eigenvalue weighted by atomic mass is 16.4. The molecule has 1 aromatic carbocycles. The molecule has 0 unspecified atom stereocenters. The fraction of sp³-hybridized carbons (Fsp3) is 0.429. The van der Waals surface area contributed by atoms with E-state index in [1.54, 1.807) is 18.0 Å². The van der Waals surface area contributed by atoms with Crippen LogP contribution in [0.2, 0.25) is 0 Å². The van der Waals surface area contributed by atoms with Crippen LogP contribution in [0.4, 0.5) is 0 Å². The number of hydrogen-bond donors (Lipinski definition) is 2. The number of rotatable bonds is 5. The molecular formula is C14H19N3O2. The fourth-order valence-electron chi connectivity index (χ4n) is 1.97. The van der Waals surface area contributed by atoms with E-state index in [-0.39, 0.29) is 11.7 Å². The minimum Gasteiger partial charge on any atom is -0.409 e. The Hall–Kier alpha value is -2.04. The molecule has 102 valence electrons. The van der Waals surface area contributed by atoms with Crippen molar-refractivity contribution in [2.45, 2.75) is 25.8 Å². The molecule has 1 fully saturated rings. The van der Waals surface area contributed by atoms with Crippen molar-refractivity contribution in [1.29, 1.82) is 0 Å². The van der Waals surface area contributed by atoms with Gasteiger partial charge in [-0.15, -0.1) is 0 Å². The number of nitrogens with zero attached hydrogens (tertiary/aromatic N) is 2. The van der Waals surface area contributed by atoms with Gasteiger partial charge in [0.1, 0.15) is 0 Å². The van der Waals surface area contributed by atoms with E-state index in [4.69, 9.17) is 10.9 Å². The molecule has 3 N–H and O–H groups in total. The Kier molecular flexibility index (Phi) is 4.04. The quantitative estimate of drug-likeness (QED) is 0.365. The van der Waals surface area contributed by atoms with Crippen LogP contribution in [0, 0.1) is 5.92 Å². The van der Waals surface area contributed by atoms with E-state index in [9.17, 15) is 4.79 Å². The maximum atomic E-state index is 11.9. The SMILES string of the molecule is CN(Cc1cccc(C(N)=NO)c1)C(=O)CC1CC1. The summed E-state index contributed by atoms with van der Waals surface area (Å²) in [7, 11) is 1.81. The first-order valence-corrected chi connectivity index (χ1v) is 6.41. The van der Waals surface area contributed by atoms with Crippen molar-refractivity contribution in [3.63, 3.8) is 0 Å². The molecular weight excluding hydrogens is 242 g/mol. The Balaban J connectivity index is 1.99. The summed E-state index contributed by atoms with van der Waals surface area (Å²) in [5, 5.41) is 11.6. The molecule has 5 nitrogen and oxygen atoms in total. The lowest BCUT2D eigenvalue weighted by Crippen LogP contribution is -2.26. The van der Waals surface area contributed by atoms with Crippen molar-refractivity contribution in [3.8, 4) is 0 Å². The number of amides is 1. The Bertz CT molecular complexity index is 495. The van der Waals surface area contributed by atoms with Gasteiger partial charge in [0.05, 0.1) is 0 Å². The smallest absolute Gasteiger partial charge is 0.222 e. The van der Waals surface area contributed by atoms with Gasteiger partial charge in [-0.2, -0.15) is 0 Å². The van der Waals surface area contributed by atoms with Crippen molar-refractivity contribution in [2.24, 2.45) is 16.8 Å². The number of oxime groups is 1. The van der Waals surface area contributed by atoms with E-state index >= 15 is 0 Å². The third-order valence-electron chi connectivity index (χ3n) is 3.34. The maximum absolute atomic E-state index is 11.9. The zero-order valence-electron chi connectivity index (χ0n) is 11.0. The molecule has 0 aromatic heterocycles. The van der Waals surface area contributed by atoms with Crippen molar-refractivity contribution >= 4 is 11.7 Å². The lowest BCUT2D eigenvalue weighted by molar-refractivity contribution is -0.130. The van der Waals surface area contributed by atoms with Crippen LogP contribution >= 0.6 is 0 Å². The number of hydrogen-bond acceptors (Lipinski definition) is 3. The van der Waals surface area contributed by atoms with Crippen LogP contribution in [-0.4, -0.2) is 28.9 Å². The highest BCUT2D eigenvalue weighted by Gasteiger charge is 2.25. The normalized spacial score (nSPS) is 15.3. The zero-order valence-corrected chi connectivity index (χ0v) is 11.0. The Labute approximate surface area is 112 Å². The van der Waals surface area contributed by atoms with E-state index < -0.39 is 0 Å². The number of benzene rings is 1. The standard InChI is InChI=1S/C14H19N3O2/c1-17(13(18)8-10-5-6-10)9-11-3-2-4-12(7-11)14(15)16-19/h2-4,7,10,19H,5-6,8-9H2,1H3,(H2,15,16). The number of carbonyl (C=O) groups is 1. The lowest BCUT2D eigenvalue weighted by Gasteiger charge is -2.17. The second-order valence-corrected chi connectivity index (χ2v) is 5.08. The average molecular weight is 261 g/mol. The molecule has 1 aromatic rings. The molecule has 0 aliphatic heterocycles. The van der Waals surface area contributed by atoms with Gasteiger partial charge in [-0.25, -0.2) is 0 Å². The van der Waals surface area contributed by atoms with Crippen molar-refractivity contribution in [1.82, 2.24) is 4.90 Å². The topological polar surface area (TPSA) is 78.9 Å². The predicted octanol–water partition coefficient (Wildman–Crippen LogP) is 1.54. The van der Waals surface area contributed by atoms with Crippen LogP contribution in [0.1, 0.15) is 30.4 Å². The summed E-state index contributed by atoms with van der Waals surface area (Å²) in [4.78, 5) is 13.6. The van der Waals surface area contributed by atoms with Gasteiger partial charge >= 0.3 is 0 Å². The monoisotopic (exact) mass is 261 g/mol.